The molecule has 0 aliphatic heterocycles. The average molecular weight is 223 g/mol. The van der Waals surface area contributed by atoms with Gasteiger partial charge in [0.15, 0.2) is 0 Å². The molecule has 0 radical (unpaired) electrons. The predicted octanol–water partition coefficient (Wildman–Crippen LogP) is 1.69. The van der Waals surface area contributed by atoms with E-state index in [1.807, 2.05) is 25.2 Å². The molecule has 3 heteroatoms. The second-order valence-corrected chi connectivity index (χ2v) is 4.05. The van der Waals surface area contributed by atoms with Crippen LogP contribution in [0.4, 0.5) is 0 Å². The summed E-state index contributed by atoms with van der Waals surface area (Å²) in [6.07, 6.45) is 0.820. The first-order chi connectivity index (χ1) is 7.72. The summed E-state index contributed by atoms with van der Waals surface area (Å²) in [6.45, 7) is 4.79. The van der Waals surface area contributed by atoms with Gasteiger partial charge in [-0.1, -0.05) is 12.1 Å². The van der Waals surface area contributed by atoms with E-state index in [-0.39, 0.29) is 6.61 Å². The summed E-state index contributed by atoms with van der Waals surface area (Å²) >= 11 is 0. The quantitative estimate of drug-likeness (QED) is 0.763. The minimum atomic E-state index is 0.253. The Morgan fingerprint density at radius 3 is 2.81 bits per heavy atom. The molecular formula is C13H21NO2. The van der Waals surface area contributed by atoms with Gasteiger partial charge in [0.25, 0.3) is 0 Å². The van der Waals surface area contributed by atoms with Crippen molar-refractivity contribution in [1.82, 2.24) is 4.90 Å². The van der Waals surface area contributed by atoms with Gasteiger partial charge in [-0.15, -0.1) is 0 Å². The van der Waals surface area contributed by atoms with Gasteiger partial charge in [0.1, 0.15) is 12.4 Å². The van der Waals surface area contributed by atoms with Crippen molar-refractivity contribution in [3.05, 3.63) is 29.8 Å². The molecule has 3 nitrogen and oxygen atoms in total. The smallest absolute Gasteiger partial charge is 0.119 e. The molecule has 0 aliphatic rings. The molecule has 1 rings (SSSR count). The third-order valence-electron chi connectivity index (χ3n) is 2.43. The number of benzene rings is 1. The van der Waals surface area contributed by atoms with Crippen molar-refractivity contribution in [2.45, 2.75) is 13.3 Å². The summed E-state index contributed by atoms with van der Waals surface area (Å²) < 4.78 is 5.63. The van der Waals surface area contributed by atoms with Gasteiger partial charge in [0.2, 0.25) is 0 Å². The summed E-state index contributed by atoms with van der Waals surface area (Å²) in [5.41, 5.74) is 1.21. The van der Waals surface area contributed by atoms with E-state index in [0.29, 0.717) is 6.61 Å². The zero-order chi connectivity index (χ0) is 11.8. The van der Waals surface area contributed by atoms with Gasteiger partial charge < -0.3 is 14.7 Å². The second-order valence-electron chi connectivity index (χ2n) is 4.05. The average Bonchev–Trinajstić information content (AvgIpc) is 2.26. The predicted molar refractivity (Wildman–Crippen MR) is 65.9 cm³/mol. The number of ether oxygens (including phenoxy) is 1. The normalized spacial score (nSPS) is 10.8. The van der Waals surface area contributed by atoms with E-state index in [2.05, 4.69) is 17.9 Å². The SMILES string of the molecule is Cc1cccc(OCCN(C)CCCO)c1. The van der Waals surface area contributed by atoms with Crippen LogP contribution in [-0.2, 0) is 0 Å². The molecular weight excluding hydrogens is 202 g/mol. The number of hydrogen-bond donors (Lipinski definition) is 1. The number of aryl methyl sites for hydroxylation is 1. The molecule has 0 atom stereocenters. The molecule has 0 heterocycles. The van der Waals surface area contributed by atoms with Crippen LogP contribution in [-0.4, -0.2) is 43.4 Å². The van der Waals surface area contributed by atoms with Crippen LogP contribution >= 0.6 is 0 Å². The van der Waals surface area contributed by atoms with Crippen LogP contribution in [0.25, 0.3) is 0 Å². The zero-order valence-corrected chi connectivity index (χ0v) is 10.1. The van der Waals surface area contributed by atoms with E-state index in [9.17, 15) is 0 Å². The molecule has 0 aliphatic carbocycles. The fourth-order valence-electron chi connectivity index (χ4n) is 1.48. The number of aliphatic hydroxyl groups is 1. The van der Waals surface area contributed by atoms with Gasteiger partial charge in [-0.05, 0) is 38.1 Å². The second kappa shape index (κ2) is 7.25. The largest absolute Gasteiger partial charge is 0.492 e. The van der Waals surface area contributed by atoms with Crippen molar-refractivity contribution in [3.63, 3.8) is 0 Å². The summed E-state index contributed by atoms with van der Waals surface area (Å²) in [5.74, 6) is 0.926. The first kappa shape index (κ1) is 13.0. The molecule has 0 spiro atoms. The van der Waals surface area contributed by atoms with Crippen LogP contribution in [0.1, 0.15) is 12.0 Å². The first-order valence-corrected chi connectivity index (χ1v) is 5.71. The highest BCUT2D eigenvalue weighted by atomic mass is 16.5. The number of hydrogen-bond acceptors (Lipinski definition) is 3. The number of rotatable bonds is 7. The van der Waals surface area contributed by atoms with Crippen molar-refractivity contribution in [2.24, 2.45) is 0 Å². The Kier molecular flexibility index (Phi) is 5.90. The highest BCUT2D eigenvalue weighted by Gasteiger charge is 1.98. The minimum Gasteiger partial charge on any atom is -0.492 e. The fourth-order valence-corrected chi connectivity index (χ4v) is 1.48. The van der Waals surface area contributed by atoms with Crippen LogP contribution in [0, 0.1) is 6.92 Å². The summed E-state index contributed by atoms with van der Waals surface area (Å²) in [7, 11) is 2.04. The maximum Gasteiger partial charge on any atom is 0.119 e. The minimum absolute atomic E-state index is 0.253. The topological polar surface area (TPSA) is 32.7 Å². The summed E-state index contributed by atoms with van der Waals surface area (Å²) in [5, 5.41) is 8.69. The van der Waals surface area contributed by atoms with Crippen molar-refractivity contribution in [3.8, 4) is 5.75 Å². The Bertz CT molecular complexity index is 302. The molecule has 1 aromatic carbocycles. The molecule has 1 N–H and O–H groups in total. The van der Waals surface area contributed by atoms with Gasteiger partial charge in [-0.25, -0.2) is 0 Å². The molecule has 90 valence electrons. The van der Waals surface area contributed by atoms with Crippen molar-refractivity contribution >= 4 is 0 Å². The lowest BCUT2D eigenvalue weighted by Crippen LogP contribution is -2.25. The molecule has 1 aromatic rings. The Morgan fingerprint density at radius 2 is 2.12 bits per heavy atom. The Hall–Kier alpha value is -1.06. The lowest BCUT2D eigenvalue weighted by atomic mass is 10.2. The highest BCUT2D eigenvalue weighted by Crippen LogP contribution is 2.11. The van der Waals surface area contributed by atoms with Gasteiger partial charge in [0, 0.05) is 19.7 Å². The standard InChI is InChI=1S/C13H21NO2/c1-12-5-3-6-13(11-12)16-10-8-14(2)7-4-9-15/h3,5-6,11,15H,4,7-10H2,1-2H3. The molecule has 0 saturated heterocycles. The molecule has 0 amide bonds. The van der Waals surface area contributed by atoms with Gasteiger partial charge >= 0.3 is 0 Å². The van der Waals surface area contributed by atoms with Crippen molar-refractivity contribution in [1.29, 1.82) is 0 Å². The number of nitrogens with zero attached hydrogens (tertiary/aromatic N) is 1. The highest BCUT2D eigenvalue weighted by molar-refractivity contribution is 5.27. The zero-order valence-electron chi connectivity index (χ0n) is 10.1. The number of aliphatic hydroxyl groups excluding tert-OH is 1. The fraction of sp³-hybridized carbons (Fsp3) is 0.538. The van der Waals surface area contributed by atoms with Crippen LogP contribution in [0.5, 0.6) is 5.75 Å². The van der Waals surface area contributed by atoms with Gasteiger partial charge in [-0.2, -0.15) is 0 Å². The Labute approximate surface area is 97.7 Å². The number of likely N-dealkylation sites (N-methyl/N-ethyl adjacent to an activating group) is 1. The summed E-state index contributed by atoms with van der Waals surface area (Å²) in [6, 6.07) is 8.06. The maximum absolute atomic E-state index is 8.69. The lowest BCUT2D eigenvalue weighted by molar-refractivity contribution is 0.213. The molecule has 0 bridgehead atoms. The van der Waals surface area contributed by atoms with Gasteiger partial charge in [-0.3, -0.25) is 0 Å². The van der Waals surface area contributed by atoms with E-state index in [0.717, 1.165) is 25.3 Å². The van der Waals surface area contributed by atoms with Crippen molar-refractivity contribution < 1.29 is 9.84 Å². The first-order valence-electron chi connectivity index (χ1n) is 5.71. The van der Waals surface area contributed by atoms with E-state index in [1.54, 1.807) is 0 Å². The van der Waals surface area contributed by atoms with E-state index in [1.165, 1.54) is 5.56 Å². The van der Waals surface area contributed by atoms with Crippen LogP contribution in [0.3, 0.4) is 0 Å². The lowest BCUT2D eigenvalue weighted by Gasteiger charge is -2.16. The van der Waals surface area contributed by atoms with E-state index in [4.69, 9.17) is 9.84 Å². The molecule has 0 fully saturated rings. The molecule has 0 unspecified atom stereocenters. The molecule has 0 saturated carbocycles. The molecule has 0 aromatic heterocycles. The van der Waals surface area contributed by atoms with Crippen LogP contribution < -0.4 is 4.74 Å². The molecule has 16 heavy (non-hydrogen) atoms. The van der Waals surface area contributed by atoms with Crippen LogP contribution in [0.15, 0.2) is 24.3 Å². The van der Waals surface area contributed by atoms with Crippen LogP contribution in [0.2, 0.25) is 0 Å². The Balaban J connectivity index is 2.20. The van der Waals surface area contributed by atoms with Crippen molar-refractivity contribution in [2.75, 3.05) is 33.4 Å². The monoisotopic (exact) mass is 223 g/mol. The van der Waals surface area contributed by atoms with E-state index < -0.39 is 0 Å². The Morgan fingerprint density at radius 1 is 1.31 bits per heavy atom. The third kappa shape index (κ3) is 5.14. The maximum atomic E-state index is 8.69. The van der Waals surface area contributed by atoms with Gasteiger partial charge in [0.05, 0.1) is 0 Å². The van der Waals surface area contributed by atoms with E-state index >= 15 is 0 Å². The third-order valence-corrected chi connectivity index (χ3v) is 2.43. The summed E-state index contributed by atoms with van der Waals surface area (Å²) in [4.78, 5) is 2.16.